The highest BCUT2D eigenvalue weighted by Gasteiger charge is 2.13. The Kier molecular flexibility index (Phi) is 2.26. The molecule has 82 valence electrons. The van der Waals surface area contributed by atoms with Crippen molar-refractivity contribution in [3.05, 3.63) is 45.7 Å². The Morgan fingerprint density at radius 3 is 2.81 bits per heavy atom. The van der Waals surface area contributed by atoms with Gasteiger partial charge in [-0.2, -0.15) is 0 Å². The summed E-state index contributed by atoms with van der Waals surface area (Å²) in [5.74, 6) is 0. The van der Waals surface area contributed by atoms with Gasteiger partial charge in [0.1, 0.15) is 0 Å². The third-order valence-electron chi connectivity index (χ3n) is 3.20. The maximum Gasteiger partial charge on any atom is 0.192 e. The van der Waals surface area contributed by atoms with E-state index in [-0.39, 0.29) is 5.43 Å². The summed E-state index contributed by atoms with van der Waals surface area (Å²) in [6.07, 6.45) is 1.74. The number of pyridine rings is 1. The molecule has 0 atom stereocenters. The summed E-state index contributed by atoms with van der Waals surface area (Å²) in [4.78, 5) is 15.7. The monoisotopic (exact) mass is 214 g/mol. The molecule has 0 bridgehead atoms. The fourth-order valence-electron chi connectivity index (χ4n) is 2.36. The molecule has 0 amide bonds. The molecule has 0 aliphatic carbocycles. The number of hydrogen-bond donors (Lipinski definition) is 2. The van der Waals surface area contributed by atoms with Crippen LogP contribution in [-0.2, 0) is 12.8 Å². The first-order valence-electron chi connectivity index (χ1n) is 5.70. The van der Waals surface area contributed by atoms with Crippen molar-refractivity contribution in [1.82, 2.24) is 10.3 Å². The molecule has 0 unspecified atom stereocenters. The number of nitrogens with one attached hydrogen (secondary N) is 2. The lowest BCUT2D eigenvalue weighted by molar-refractivity contribution is 0.708. The molecule has 3 nitrogen and oxygen atoms in total. The van der Waals surface area contributed by atoms with Crippen molar-refractivity contribution < 1.29 is 0 Å². The summed E-state index contributed by atoms with van der Waals surface area (Å²) < 4.78 is 0. The molecule has 0 saturated carbocycles. The maximum atomic E-state index is 12.3. The van der Waals surface area contributed by atoms with E-state index in [9.17, 15) is 4.79 Å². The predicted octanol–water partition coefficient (Wildman–Crippen LogP) is 1.22. The van der Waals surface area contributed by atoms with Gasteiger partial charge >= 0.3 is 0 Å². The zero-order chi connectivity index (χ0) is 11.0. The molecular formula is C13H14N2O. The molecule has 16 heavy (non-hydrogen) atoms. The van der Waals surface area contributed by atoms with Crippen LogP contribution in [0.2, 0.25) is 0 Å². The second-order valence-electron chi connectivity index (χ2n) is 4.21. The van der Waals surface area contributed by atoms with Crippen molar-refractivity contribution in [2.75, 3.05) is 13.1 Å². The molecule has 0 radical (unpaired) electrons. The molecule has 0 saturated heterocycles. The normalized spacial score (nSPS) is 15.8. The van der Waals surface area contributed by atoms with Gasteiger partial charge < -0.3 is 10.3 Å². The fourth-order valence-corrected chi connectivity index (χ4v) is 2.36. The molecule has 0 fully saturated rings. The van der Waals surface area contributed by atoms with Crippen LogP contribution in [0.1, 0.15) is 11.3 Å². The van der Waals surface area contributed by atoms with E-state index in [2.05, 4.69) is 10.3 Å². The highest BCUT2D eigenvalue weighted by atomic mass is 16.1. The molecule has 1 aromatic carbocycles. The van der Waals surface area contributed by atoms with E-state index in [0.717, 1.165) is 48.1 Å². The van der Waals surface area contributed by atoms with E-state index in [1.54, 1.807) is 0 Å². The molecule has 2 heterocycles. The number of H-pyrrole nitrogens is 1. The first-order valence-corrected chi connectivity index (χ1v) is 5.70. The lowest BCUT2D eigenvalue weighted by Crippen LogP contribution is -2.17. The Bertz CT molecular complexity index is 586. The largest absolute Gasteiger partial charge is 0.358 e. The van der Waals surface area contributed by atoms with Crippen LogP contribution in [0.5, 0.6) is 0 Å². The number of fused-ring (bicyclic) bond motifs is 2. The van der Waals surface area contributed by atoms with Crippen molar-refractivity contribution in [3.8, 4) is 0 Å². The number of hydrogen-bond acceptors (Lipinski definition) is 2. The SMILES string of the molecule is O=c1c2c([nH]c3ccccc13)CCNCC2. The van der Waals surface area contributed by atoms with Crippen LogP contribution in [0, 0.1) is 0 Å². The van der Waals surface area contributed by atoms with Crippen LogP contribution in [0.4, 0.5) is 0 Å². The van der Waals surface area contributed by atoms with Crippen LogP contribution < -0.4 is 10.7 Å². The van der Waals surface area contributed by atoms with Crippen molar-refractivity contribution >= 4 is 10.9 Å². The Morgan fingerprint density at radius 2 is 1.88 bits per heavy atom. The molecular weight excluding hydrogens is 200 g/mol. The smallest absolute Gasteiger partial charge is 0.192 e. The summed E-state index contributed by atoms with van der Waals surface area (Å²) in [7, 11) is 0. The summed E-state index contributed by atoms with van der Waals surface area (Å²) in [5.41, 5.74) is 3.22. The number of rotatable bonds is 0. The van der Waals surface area contributed by atoms with Gasteiger partial charge in [0.25, 0.3) is 0 Å². The van der Waals surface area contributed by atoms with Gasteiger partial charge in [0.2, 0.25) is 0 Å². The molecule has 2 aromatic rings. The second-order valence-corrected chi connectivity index (χ2v) is 4.21. The standard InChI is InChI=1S/C13H14N2O/c16-13-9-3-1-2-4-11(9)15-12-6-8-14-7-5-10(12)13/h1-4,14H,5-8H2,(H,15,16). The zero-order valence-electron chi connectivity index (χ0n) is 9.05. The summed E-state index contributed by atoms with van der Waals surface area (Å²) >= 11 is 0. The molecule has 3 rings (SSSR count). The number of benzene rings is 1. The quantitative estimate of drug-likeness (QED) is 0.692. The van der Waals surface area contributed by atoms with Gasteiger partial charge in [-0.25, -0.2) is 0 Å². The van der Waals surface area contributed by atoms with E-state index < -0.39 is 0 Å². The third kappa shape index (κ3) is 1.44. The molecule has 3 heteroatoms. The highest BCUT2D eigenvalue weighted by Crippen LogP contribution is 2.13. The predicted molar refractivity (Wildman–Crippen MR) is 64.8 cm³/mol. The summed E-state index contributed by atoms with van der Waals surface area (Å²) in [6, 6.07) is 7.74. The lowest BCUT2D eigenvalue weighted by Gasteiger charge is -2.07. The van der Waals surface area contributed by atoms with E-state index in [1.807, 2.05) is 24.3 Å². The lowest BCUT2D eigenvalue weighted by atomic mass is 10.0. The number of aromatic nitrogens is 1. The van der Waals surface area contributed by atoms with E-state index in [4.69, 9.17) is 0 Å². The second kappa shape index (κ2) is 3.76. The zero-order valence-corrected chi connectivity index (χ0v) is 9.05. The first kappa shape index (κ1) is 9.60. The van der Waals surface area contributed by atoms with E-state index >= 15 is 0 Å². The van der Waals surface area contributed by atoms with E-state index in [1.165, 1.54) is 0 Å². The number of para-hydroxylation sites is 1. The Morgan fingerprint density at radius 1 is 1.06 bits per heavy atom. The number of aromatic amines is 1. The molecule has 0 spiro atoms. The van der Waals surface area contributed by atoms with Crippen LogP contribution in [0.25, 0.3) is 10.9 Å². The van der Waals surface area contributed by atoms with Crippen LogP contribution in [0.15, 0.2) is 29.1 Å². The van der Waals surface area contributed by atoms with Crippen molar-refractivity contribution in [1.29, 1.82) is 0 Å². The minimum Gasteiger partial charge on any atom is -0.358 e. The molecule has 1 aliphatic rings. The van der Waals surface area contributed by atoms with Gasteiger partial charge in [-0.1, -0.05) is 12.1 Å². The summed E-state index contributed by atoms with van der Waals surface area (Å²) in [6.45, 7) is 1.84. The average molecular weight is 214 g/mol. The van der Waals surface area contributed by atoms with Gasteiger partial charge in [-0.15, -0.1) is 0 Å². The summed E-state index contributed by atoms with van der Waals surface area (Å²) in [5, 5.41) is 4.13. The Hall–Kier alpha value is -1.61. The minimum absolute atomic E-state index is 0.202. The first-order chi connectivity index (χ1) is 7.86. The van der Waals surface area contributed by atoms with Gasteiger partial charge in [0, 0.05) is 35.1 Å². The van der Waals surface area contributed by atoms with Gasteiger partial charge in [0.05, 0.1) is 0 Å². The van der Waals surface area contributed by atoms with Crippen LogP contribution in [0.3, 0.4) is 0 Å². The van der Waals surface area contributed by atoms with Crippen LogP contribution >= 0.6 is 0 Å². The molecule has 1 aromatic heterocycles. The van der Waals surface area contributed by atoms with Crippen molar-refractivity contribution in [3.63, 3.8) is 0 Å². The van der Waals surface area contributed by atoms with Gasteiger partial charge in [-0.05, 0) is 25.1 Å². The van der Waals surface area contributed by atoms with Crippen molar-refractivity contribution in [2.24, 2.45) is 0 Å². The van der Waals surface area contributed by atoms with E-state index in [0.29, 0.717) is 0 Å². The average Bonchev–Trinajstić information content (AvgIpc) is 2.55. The van der Waals surface area contributed by atoms with Gasteiger partial charge in [-0.3, -0.25) is 4.79 Å². The minimum atomic E-state index is 0.202. The maximum absolute atomic E-state index is 12.3. The van der Waals surface area contributed by atoms with Gasteiger partial charge in [0.15, 0.2) is 5.43 Å². The topological polar surface area (TPSA) is 44.9 Å². The Labute approximate surface area is 93.5 Å². The fraction of sp³-hybridized carbons (Fsp3) is 0.308. The molecule has 2 N–H and O–H groups in total. The Balaban J connectivity index is 2.34. The van der Waals surface area contributed by atoms with Crippen molar-refractivity contribution in [2.45, 2.75) is 12.8 Å². The molecule has 1 aliphatic heterocycles. The third-order valence-corrected chi connectivity index (χ3v) is 3.20. The highest BCUT2D eigenvalue weighted by molar-refractivity contribution is 5.79. The van der Waals surface area contributed by atoms with Crippen LogP contribution in [-0.4, -0.2) is 18.1 Å².